The van der Waals surface area contributed by atoms with Gasteiger partial charge in [-0.05, 0) is 31.2 Å². The van der Waals surface area contributed by atoms with Gasteiger partial charge in [0.25, 0.3) is 0 Å². The van der Waals surface area contributed by atoms with Crippen molar-refractivity contribution < 1.29 is 0 Å². The first-order chi connectivity index (χ1) is 7.63. The van der Waals surface area contributed by atoms with Gasteiger partial charge in [-0.25, -0.2) is 0 Å². The average molecular weight is 221 g/mol. The molecule has 3 heteroatoms. The van der Waals surface area contributed by atoms with Gasteiger partial charge in [0.1, 0.15) is 0 Å². The molecule has 1 fully saturated rings. The zero-order valence-electron chi connectivity index (χ0n) is 10.7. The molecule has 1 heterocycles. The van der Waals surface area contributed by atoms with E-state index in [0.717, 1.165) is 13.1 Å². The molecule has 1 aliphatic rings. The van der Waals surface area contributed by atoms with Gasteiger partial charge in [-0.3, -0.25) is 4.68 Å². The summed E-state index contributed by atoms with van der Waals surface area (Å²) in [6.45, 7) is 8.78. The lowest BCUT2D eigenvalue weighted by Gasteiger charge is -2.28. The molecule has 1 saturated carbocycles. The Balaban J connectivity index is 1.92. The van der Waals surface area contributed by atoms with Gasteiger partial charge >= 0.3 is 0 Å². The van der Waals surface area contributed by atoms with E-state index in [4.69, 9.17) is 0 Å². The Labute approximate surface area is 98.2 Å². The summed E-state index contributed by atoms with van der Waals surface area (Å²) >= 11 is 0. The standard InChI is InChI=1S/C13H23N3/c1-4-16-11(7-9-15-16)10-14-12-6-5-8-13(12,2)3/h7,9,12,14H,4-6,8,10H2,1-3H3. The highest BCUT2D eigenvalue weighted by Crippen LogP contribution is 2.37. The van der Waals surface area contributed by atoms with E-state index in [1.807, 2.05) is 6.20 Å². The molecular formula is C13H23N3. The first kappa shape index (κ1) is 11.6. The minimum absolute atomic E-state index is 0.455. The van der Waals surface area contributed by atoms with E-state index in [0.29, 0.717) is 11.5 Å². The van der Waals surface area contributed by atoms with Crippen molar-refractivity contribution in [1.29, 1.82) is 0 Å². The van der Waals surface area contributed by atoms with Crippen LogP contribution < -0.4 is 5.32 Å². The highest BCUT2D eigenvalue weighted by atomic mass is 15.3. The number of rotatable bonds is 4. The molecule has 1 aliphatic carbocycles. The van der Waals surface area contributed by atoms with Crippen molar-refractivity contribution in [2.45, 2.75) is 59.2 Å². The molecule has 0 radical (unpaired) electrons. The third-order valence-electron chi connectivity index (χ3n) is 3.89. The Morgan fingerprint density at radius 1 is 1.56 bits per heavy atom. The molecule has 3 nitrogen and oxygen atoms in total. The molecule has 0 bridgehead atoms. The van der Waals surface area contributed by atoms with Crippen LogP contribution in [0.5, 0.6) is 0 Å². The van der Waals surface area contributed by atoms with Crippen molar-refractivity contribution in [1.82, 2.24) is 15.1 Å². The van der Waals surface area contributed by atoms with Gasteiger partial charge in [0.15, 0.2) is 0 Å². The van der Waals surface area contributed by atoms with Crippen molar-refractivity contribution in [3.8, 4) is 0 Å². The van der Waals surface area contributed by atoms with Crippen LogP contribution in [0.3, 0.4) is 0 Å². The van der Waals surface area contributed by atoms with Crippen LogP contribution >= 0.6 is 0 Å². The zero-order valence-corrected chi connectivity index (χ0v) is 10.7. The highest BCUT2D eigenvalue weighted by molar-refractivity contribution is 5.01. The lowest BCUT2D eigenvalue weighted by atomic mass is 9.87. The van der Waals surface area contributed by atoms with Gasteiger partial charge in [-0.1, -0.05) is 20.3 Å². The molecule has 90 valence electrons. The monoisotopic (exact) mass is 221 g/mol. The fourth-order valence-corrected chi connectivity index (χ4v) is 2.73. The average Bonchev–Trinajstić information content (AvgIpc) is 2.81. The molecule has 0 amide bonds. The zero-order chi connectivity index (χ0) is 11.6. The second-order valence-corrected chi connectivity index (χ2v) is 5.45. The Morgan fingerprint density at radius 3 is 3.00 bits per heavy atom. The summed E-state index contributed by atoms with van der Waals surface area (Å²) in [6.07, 6.45) is 5.91. The van der Waals surface area contributed by atoms with E-state index in [1.54, 1.807) is 0 Å². The van der Waals surface area contributed by atoms with Gasteiger partial charge < -0.3 is 5.32 Å². The molecule has 2 rings (SSSR count). The Morgan fingerprint density at radius 2 is 2.38 bits per heavy atom. The van der Waals surface area contributed by atoms with Crippen LogP contribution in [0.15, 0.2) is 12.3 Å². The van der Waals surface area contributed by atoms with Gasteiger partial charge in [0.2, 0.25) is 0 Å². The van der Waals surface area contributed by atoms with Crippen LogP contribution in [-0.4, -0.2) is 15.8 Å². The molecular weight excluding hydrogens is 198 g/mol. The Bertz CT molecular complexity index is 341. The normalized spacial score (nSPS) is 23.8. The fraction of sp³-hybridized carbons (Fsp3) is 0.769. The maximum atomic E-state index is 4.29. The van der Waals surface area contributed by atoms with Crippen molar-refractivity contribution in [3.63, 3.8) is 0 Å². The van der Waals surface area contributed by atoms with Crippen molar-refractivity contribution >= 4 is 0 Å². The second-order valence-electron chi connectivity index (χ2n) is 5.45. The highest BCUT2D eigenvalue weighted by Gasteiger charge is 2.33. The van der Waals surface area contributed by atoms with E-state index >= 15 is 0 Å². The first-order valence-electron chi connectivity index (χ1n) is 6.37. The quantitative estimate of drug-likeness (QED) is 0.847. The van der Waals surface area contributed by atoms with Crippen molar-refractivity contribution in [3.05, 3.63) is 18.0 Å². The molecule has 16 heavy (non-hydrogen) atoms. The Kier molecular flexibility index (Phi) is 3.33. The Hall–Kier alpha value is -0.830. The summed E-state index contributed by atoms with van der Waals surface area (Å²) in [6, 6.07) is 2.77. The number of nitrogens with one attached hydrogen (secondary N) is 1. The molecule has 1 N–H and O–H groups in total. The van der Waals surface area contributed by atoms with Crippen LogP contribution in [0.2, 0.25) is 0 Å². The topological polar surface area (TPSA) is 29.9 Å². The number of hydrogen-bond acceptors (Lipinski definition) is 2. The minimum Gasteiger partial charge on any atom is -0.308 e. The minimum atomic E-state index is 0.455. The summed E-state index contributed by atoms with van der Waals surface area (Å²) in [5.74, 6) is 0. The number of aromatic nitrogens is 2. The predicted molar refractivity (Wildman–Crippen MR) is 66.2 cm³/mol. The number of hydrogen-bond donors (Lipinski definition) is 1. The summed E-state index contributed by atoms with van der Waals surface area (Å²) in [5, 5.41) is 7.98. The molecule has 1 aromatic rings. The van der Waals surface area contributed by atoms with Crippen molar-refractivity contribution in [2.24, 2.45) is 5.41 Å². The van der Waals surface area contributed by atoms with Gasteiger partial charge in [0.05, 0.1) is 5.69 Å². The largest absolute Gasteiger partial charge is 0.308 e. The van der Waals surface area contributed by atoms with Gasteiger partial charge in [-0.15, -0.1) is 0 Å². The van der Waals surface area contributed by atoms with Crippen LogP contribution in [0.25, 0.3) is 0 Å². The molecule has 1 unspecified atom stereocenters. The van der Waals surface area contributed by atoms with Gasteiger partial charge in [0, 0.05) is 25.3 Å². The van der Waals surface area contributed by atoms with Gasteiger partial charge in [-0.2, -0.15) is 5.10 Å². The first-order valence-corrected chi connectivity index (χ1v) is 6.37. The lowest BCUT2D eigenvalue weighted by molar-refractivity contribution is 0.280. The molecule has 0 aromatic carbocycles. The smallest absolute Gasteiger partial charge is 0.0522 e. The number of nitrogens with zero attached hydrogens (tertiary/aromatic N) is 2. The maximum Gasteiger partial charge on any atom is 0.0522 e. The lowest BCUT2D eigenvalue weighted by Crippen LogP contribution is -2.37. The molecule has 0 aliphatic heterocycles. The molecule has 1 atom stereocenters. The fourth-order valence-electron chi connectivity index (χ4n) is 2.73. The predicted octanol–water partition coefficient (Wildman–Crippen LogP) is 2.57. The summed E-state index contributed by atoms with van der Waals surface area (Å²) < 4.78 is 2.06. The molecule has 0 saturated heterocycles. The second kappa shape index (κ2) is 4.58. The van der Waals surface area contributed by atoms with Crippen LogP contribution in [0.1, 0.15) is 45.7 Å². The number of aryl methyl sites for hydroxylation is 1. The van der Waals surface area contributed by atoms with E-state index < -0.39 is 0 Å². The maximum absolute atomic E-state index is 4.29. The molecule has 1 aromatic heterocycles. The third kappa shape index (κ3) is 2.29. The van der Waals surface area contributed by atoms with Crippen LogP contribution in [0, 0.1) is 5.41 Å². The van der Waals surface area contributed by atoms with E-state index in [2.05, 4.69) is 41.9 Å². The van der Waals surface area contributed by atoms with E-state index in [1.165, 1.54) is 25.0 Å². The summed E-state index contributed by atoms with van der Waals surface area (Å²) in [7, 11) is 0. The van der Waals surface area contributed by atoms with Crippen LogP contribution in [0.4, 0.5) is 0 Å². The van der Waals surface area contributed by atoms with Crippen LogP contribution in [-0.2, 0) is 13.1 Å². The van der Waals surface area contributed by atoms with Crippen molar-refractivity contribution in [2.75, 3.05) is 0 Å². The molecule has 0 spiro atoms. The van der Waals surface area contributed by atoms with E-state index in [-0.39, 0.29) is 0 Å². The SMILES string of the molecule is CCn1nccc1CNC1CCCC1(C)C. The summed E-state index contributed by atoms with van der Waals surface area (Å²) in [4.78, 5) is 0. The summed E-state index contributed by atoms with van der Waals surface area (Å²) in [5.41, 5.74) is 1.75. The van der Waals surface area contributed by atoms with E-state index in [9.17, 15) is 0 Å². The third-order valence-corrected chi connectivity index (χ3v) is 3.89.